The fourth-order valence-corrected chi connectivity index (χ4v) is 4.07. The Balaban J connectivity index is 1.38. The predicted molar refractivity (Wildman–Crippen MR) is 77.2 cm³/mol. The molecule has 3 atom stereocenters. The van der Waals surface area contributed by atoms with Crippen LogP contribution in [0, 0.1) is 17.3 Å². The van der Waals surface area contributed by atoms with Crippen LogP contribution in [0.25, 0.3) is 0 Å². The Labute approximate surface area is 121 Å². The Morgan fingerprint density at radius 2 is 2.00 bits per heavy atom. The van der Waals surface area contributed by atoms with Crippen molar-refractivity contribution in [3.63, 3.8) is 0 Å². The van der Waals surface area contributed by atoms with Crippen molar-refractivity contribution in [3.05, 3.63) is 12.2 Å². The van der Waals surface area contributed by atoms with E-state index in [1.54, 1.807) is 0 Å². The Morgan fingerprint density at radius 1 is 1.20 bits per heavy atom. The molecule has 0 amide bonds. The number of esters is 1. The van der Waals surface area contributed by atoms with Gasteiger partial charge in [-0.2, -0.15) is 0 Å². The summed E-state index contributed by atoms with van der Waals surface area (Å²) in [5.74, 6) is 0.955. The van der Waals surface area contributed by atoms with Crippen LogP contribution in [0.4, 0.5) is 0 Å². The number of ether oxygens (including phenoxy) is 2. The minimum absolute atomic E-state index is 0.0263. The first-order valence-corrected chi connectivity index (χ1v) is 8.15. The molecule has 3 aliphatic rings. The van der Waals surface area contributed by atoms with E-state index in [0.717, 1.165) is 12.8 Å². The average Bonchev–Trinajstić information content (AvgIpc) is 3.05. The molecule has 3 heteroatoms. The molecular weight excluding hydrogens is 252 g/mol. The van der Waals surface area contributed by atoms with E-state index in [9.17, 15) is 4.79 Å². The SMILES string of the molecule is CC1(C(=O)OCCOC2CCCCC2)CC2C=CC1C2. The Bertz CT molecular complexity index is 384. The van der Waals surface area contributed by atoms with Gasteiger partial charge in [-0.25, -0.2) is 0 Å². The molecule has 0 saturated heterocycles. The Hall–Kier alpha value is -0.830. The third-order valence-corrected chi connectivity index (χ3v) is 5.37. The van der Waals surface area contributed by atoms with E-state index < -0.39 is 0 Å². The van der Waals surface area contributed by atoms with Gasteiger partial charge in [-0.05, 0) is 44.4 Å². The highest BCUT2D eigenvalue weighted by molar-refractivity contribution is 5.78. The van der Waals surface area contributed by atoms with Gasteiger partial charge >= 0.3 is 5.97 Å². The van der Waals surface area contributed by atoms with Crippen molar-refractivity contribution in [1.82, 2.24) is 0 Å². The molecule has 0 aromatic carbocycles. The smallest absolute Gasteiger partial charge is 0.312 e. The molecule has 0 aromatic rings. The van der Waals surface area contributed by atoms with Gasteiger partial charge in [0.05, 0.1) is 18.1 Å². The zero-order chi connectivity index (χ0) is 14.0. The van der Waals surface area contributed by atoms with Gasteiger partial charge in [0, 0.05) is 0 Å². The van der Waals surface area contributed by atoms with Crippen LogP contribution in [0.1, 0.15) is 51.9 Å². The topological polar surface area (TPSA) is 35.5 Å². The molecule has 0 aromatic heterocycles. The van der Waals surface area contributed by atoms with Crippen LogP contribution >= 0.6 is 0 Å². The van der Waals surface area contributed by atoms with E-state index in [2.05, 4.69) is 19.1 Å². The number of allylic oxidation sites excluding steroid dienone is 2. The van der Waals surface area contributed by atoms with Crippen LogP contribution in [0.15, 0.2) is 12.2 Å². The van der Waals surface area contributed by atoms with Crippen LogP contribution in [0.2, 0.25) is 0 Å². The van der Waals surface area contributed by atoms with Crippen LogP contribution in [0.3, 0.4) is 0 Å². The standard InChI is InChI=1S/C17H26O3/c1-17(12-13-7-8-14(17)11-13)16(18)20-10-9-19-15-5-3-2-4-6-15/h7-8,13-15H,2-6,9-12H2,1H3. The van der Waals surface area contributed by atoms with E-state index in [1.165, 1.54) is 32.1 Å². The minimum atomic E-state index is -0.287. The normalized spacial score (nSPS) is 36.5. The lowest BCUT2D eigenvalue weighted by molar-refractivity contribution is -0.158. The molecular formula is C17H26O3. The molecule has 3 unspecified atom stereocenters. The van der Waals surface area contributed by atoms with Crippen LogP contribution in [0.5, 0.6) is 0 Å². The number of hydrogen-bond donors (Lipinski definition) is 0. The first-order chi connectivity index (χ1) is 9.68. The van der Waals surface area contributed by atoms with Gasteiger partial charge in [0.1, 0.15) is 6.61 Å². The summed E-state index contributed by atoms with van der Waals surface area (Å²) in [6.45, 7) is 3.02. The maximum Gasteiger partial charge on any atom is 0.312 e. The maximum atomic E-state index is 12.3. The molecule has 2 saturated carbocycles. The largest absolute Gasteiger partial charge is 0.463 e. The lowest BCUT2D eigenvalue weighted by Crippen LogP contribution is -2.34. The molecule has 3 aliphatic carbocycles. The van der Waals surface area contributed by atoms with Gasteiger partial charge < -0.3 is 9.47 Å². The van der Waals surface area contributed by atoms with Gasteiger partial charge in [0.15, 0.2) is 0 Å². The van der Waals surface area contributed by atoms with Crippen molar-refractivity contribution in [2.75, 3.05) is 13.2 Å². The average molecular weight is 278 g/mol. The first kappa shape index (κ1) is 14.1. The van der Waals surface area contributed by atoms with Crippen molar-refractivity contribution in [3.8, 4) is 0 Å². The molecule has 3 rings (SSSR count). The lowest BCUT2D eigenvalue weighted by Gasteiger charge is -2.29. The fraction of sp³-hybridized carbons (Fsp3) is 0.824. The van der Waals surface area contributed by atoms with Crippen molar-refractivity contribution in [2.24, 2.45) is 17.3 Å². The number of hydrogen-bond acceptors (Lipinski definition) is 3. The second kappa shape index (κ2) is 5.88. The molecule has 3 nitrogen and oxygen atoms in total. The van der Waals surface area contributed by atoms with Gasteiger partial charge in [0.2, 0.25) is 0 Å². The molecule has 0 N–H and O–H groups in total. The summed E-state index contributed by atoms with van der Waals surface area (Å²) < 4.78 is 11.3. The molecule has 0 aliphatic heterocycles. The zero-order valence-corrected chi connectivity index (χ0v) is 12.5. The summed E-state index contributed by atoms with van der Waals surface area (Å²) in [5, 5.41) is 0. The second-order valence-electron chi connectivity index (χ2n) is 6.88. The summed E-state index contributed by atoms with van der Waals surface area (Å²) >= 11 is 0. The van der Waals surface area contributed by atoms with Crippen LogP contribution in [-0.4, -0.2) is 25.3 Å². The van der Waals surface area contributed by atoms with Gasteiger partial charge in [-0.15, -0.1) is 0 Å². The number of fused-ring (bicyclic) bond motifs is 2. The number of carbonyl (C=O) groups excluding carboxylic acids is 1. The van der Waals surface area contributed by atoms with E-state index in [-0.39, 0.29) is 11.4 Å². The maximum absolute atomic E-state index is 12.3. The lowest BCUT2D eigenvalue weighted by atomic mass is 9.78. The van der Waals surface area contributed by atoms with E-state index in [0.29, 0.717) is 31.2 Å². The second-order valence-corrected chi connectivity index (χ2v) is 6.88. The molecule has 0 spiro atoms. The summed E-state index contributed by atoms with van der Waals surface area (Å²) in [5.41, 5.74) is -0.287. The summed E-state index contributed by atoms with van der Waals surface area (Å²) in [6.07, 6.45) is 13.2. The fourth-order valence-electron chi connectivity index (χ4n) is 4.07. The van der Waals surface area contributed by atoms with E-state index in [4.69, 9.17) is 9.47 Å². The summed E-state index contributed by atoms with van der Waals surface area (Å²) in [4.78, 5) is 12.3. The summed E-state index contributed by atoms with van der Waals surface area (Å²) in [7, 11) is 0. The predicted octanol–water partition coefficient (Wildman–Crippen LogP) is 3.48. The Morgan fingerprint density at radius 3 is 2.65 bits per heavy atom. The minimum Gasteiger partial charge on any atom is -0.463 e. The molecule has 112 valence electrons. The quantitative estimate of drug-likeness (QED) is 0.439. The Kier molecular flexibility index (Phi) is 4.16. The van der Waals surface area contributed by atoms with Crippen molar-refractivity contribution < 1.29 is 14.3 Å². The third-order valence-electron chi connectivity index (χ3n) is 5.37. The van der Waals surface area contributed by atoms with Gasteiger partial charge in [-0.1, -0.05) is 31.4 Å². The molecule has 2 bridgehead atoms. The van der Waals surface area contributed by atoms with E-state index >= 15 is 0 Å². The summed E-state index contributed by atoms with van der Waals surface area (Å²) in [6, 6.07) is 0. The van der Waals surface area contributed by atoms with Gasteiger partial charge in [-0.3, -0.25) is 4.79 Å². The van der Waals surface area contributed by atoms with Crippen LogP contribution in [-0.2, 0) is 14.3 Å². The molecule has 20 heavy (non-hydrogen) atoms. The first-order valence-electron chi connectivity index (χ1n) is 8.15. The third kappa shape index (κ3) is 2.78. The van der Waals surface area contributed by atoms with Gasteiger partial charge in [0.25, 0.3) is 0 Å². The molecule has 0 radical (unpaired) electrons. The van der Waals surface area contributed by atoms with E-state index in [1.807, 2.05) is 0 Å². The van der Waals surface area contributed by atoms with Crippen LogP contribution < -0.4 is 0 Å². The highest BCUT2D eigenvalue weighted by atomic mass is 16.6. The number of carbonyl (C=O) groups is 1. The van der Waals surface area contributed by atoms with Crippen molar-refractivity contribution in [2.45, 2.75) is 58.0 Å². The highest BCUT2D eigenvalue weighted by Crippen LogP contribution is 2.52. The zero-order valence-electron chi connectivity index (χ0n) is 12.5. The van der Waals surface area contributed by atoms with Crippen molar-refractivity contribution in [1.29, 1.82) is 0 Å². The molecule has 0 heterocycles. The molecule has 2 fully saturated rings. The monoisotopic (exact) mass is 278 g/mol. The highest BCUT2D eigenvalue weighted by Gasteiger charge is 2.50. The van der Waals surface area contributed by atoms with Crippen molar-refractivity contribution >= 4 is 5.97 Å². The number of rotatable bonds is 5.